The van der Waals surface area contributed by atoms with E-state index in [1.807, 2.05) is 29.6 Å². The van der Waals surface area contributed by atoms with Gasteiger partial charge in [-0.25, -0.2) is 4.98 Å². The first-order valence-electron chi connectivity index (χ1n) is 9.61. The highest BCUT2D eigenvalue weighted by Gasteiger charge is 2.22. The summed E-state index contributed by atoms with van der Waals surface area (Å²) in [6, 6.07) is 7.60. The maximum absolute atomic E-state index is 12.8. The van der Waals surface area contributed by atoms with Crippen LogP contribution in [0.15, 0.2) is 34.1 Å². The van der Waals surface area contributed by atoms with Crippen LogP contribution in [0.25, 0.3) is 11.0 Å². The molecule has 0 aliphatic carbocycles. The molecule has 1 saturated heterocycles. The summed E-state index contributed by atoms with van der Waals surface area (Å²) in [5.74, 6) is 0.799. The number of aromatic nitrogens is 1. The minimum atomic E-state index is -0.295. The highest BCUT2D eigenvalue weighted by molar-refractivity contribution is 7.13. The number of nitrogens with zero attached hydrogens (tertiary/aromatic N) is 2. The van der Waals surface area contributed by atoms with E-state index in [1.165, 1.54) is 24.2 Å². The Morgan fingerprint density at radius 2 is 2.10 bits per heavy atom. The molecular formula is C21H26ClN3O3S. The molecule has 1 aliphatic heterocycles. The van der Waals surface area contributed by atoms with Gasteiger partial charge in [-0.05, 0) is 37.9 Å². The summed E-state index contributed by atoms with van der Waals surface area (Å²) in [4.78, 5) is 19.8. The number of hydrogen-bond acceptors (Lipinski definition) is 6. The third-order valence-corrected chi connectivity index (χ3v) is 6.03. The number of benzene rings is 1. The number of carbonyl (C=O) groups excluding carboxylic acids is 1. The minimum Gasteiger partial charge on any atom is -0.451 e. The average molecular weight is 436 g/mol. The van der Waals surface area contributed by atoms with Crippen molar-refractivity contribution >= 4 is 45.8 Å². The number of carbonyl (C=O) groups is 1. The predicted molar refractivity (Wildman–Crippen MR) is 118 cm³/mol. The van der Waals surface area contributed by atoms with Gasteiger partial charge in [0.15, 0.2) is 10.9 Å². The van der Waals surface area contributed by atoms with E-state index in [1.54, 1.807) is 7.11 Å². The Balaban J connectivity index is 0.00000240. The second kappa shape index (κ2) is 9.71. The Bertz CT molecular complexity index is 963. The van der Waals surface area contributed by atoms with Gasteiger partial charge in [0, 0.05) is 30.0 Å². The van der Waals surface area contributed by atoms with Gasteiger partial charge in [-0.2, -0.15) is 0 Å². The summed E-state index contributed by atoms with van der Waals surface area (Å²) in [6.07, 6.45) is 2.48. The van der Waals surface area contributed by atoms with Crippen LogP contribution < -0.4 is 5.32 Å². The molecule has 4 rings (SSSR count). The van der Waals surface area contributed by atoms with Gasteiger partial charge in [0.2, 0.25) is 0 Å². The van der Waals surface area contributed by atoms with E-state index in [0.717, 1.165) is 42.2 Å². The number of amides is 1. The van der Waals surface area contributed by atoms with Gasteiger partial charge < -0.3 is 9.15 Å². The van der Waals surface area contributed by atoms with Crippen molar-refractivity contribution in [3.05, 3.63) is 46.7 Å². The number of furan rings is 1. The average Bonchev–Trinajstić information content (AvgIpc) is 3.29. The number of halogens is 1. The number of ether oxygens (including phenoxy) is 1. The molecule has 29 heavy (non-hydrogen) atoms. The third kappa shape index (κ3) is 4.98. The summed E-state index contributed by atoms with van der Waals surface area (Å²) in [6.45, 7) is 5.68. The van der Waals surface area contributed by atoms with Crippen LogP contribution in [0.3, 0.4) is 0 Å². The van der Waals surface area contributed by atoms with Crippen molar-refractivity contribution in [1.82, 2.24) is 9.88 Å². The first-order valence-corrected chi connectivity index (χ1v) is 10.5. The normalized spacial score (nSPS) is 15.4. The van der Waals surface area contributed by atoms with E-state index in [0.29, 0.717) is 17.3 Å². The van der Waals surface area contributed by atoms with Crippen LogP contribution >= 0.6 is 23.7 Å². The lowest BCUT2D eigenvalue weighted by Crippen LogP contribution is -2.32. The fourth-order valence-corrected chi connectivity index (χ4v) is 4.31. The van der Waals surface area contributed by atoms with Crippen molar-refractivity contribution in [3.63, 3.8) is 0 Å². The first kappa shape index (κ1) is 21.8. The largest absolute Gasteiger partial charge is 0.451 e. The highest BCUT2D eigenvalue weighted by atomic mass is 35.5. The predicted octanol–water partition coefficient (Wildman–Crippen LogP) is 4.94. The number of fused-ring (bicyclic) bond motifs is 1. The van der Waals surface area contributed by atoms with E-state index >= 15 is 0 Å². The highest BCUT2D eigenvalue weighted by Crippen LogP contribution is 2.28. The van der Waals surface area contributed by atoms with Crippen LogP contribution in [0.2, 0.25) is 0 Å². The van der Waals surface area contributed by atoms with Crippen LogP contribution in [0, 0.1) is 5.92 Å². The molecule has 1 fully saturated rings. The molecule has 0 unspecified atom stereocenters. The molecular weight excluding hydrogens is 410 g/mol. The van der Waals surface area contributed by atoms with E-state index in [9.17, 15) is 4.79 Å². The Hall–Kier alpha value is -1.93. The second-order valence-electron chi connectivity index (χ2n) is 7.40. The summed E-state index contributed by atoms with van der Waals surface area (Å²) >= 11 is 1.45. The van der Waals surface area contributed by atoms with E-state index in [-0.39, 0.29) is 24.1 Å². The van der Waals surface area contributed by atoms with Crippen LogP contribution in [0.4, 0.5) is 5.13 Å². The van der Waals surface area contributed by atoms with Gasteiger partial charge in [0.05, 0.1) is 12.3 Å². The van der Waals surface area contributed by atoms with Crippen molar-refractivity contribution < 1.29 is 13.9 Å². The third-order valence-electron chi connectivity index (χ3n) is 5.23. The number of anilines is 1. The van der Waals surface area contributed by atoms with Crippen LogP contribution in [-0.2, 0) is 17.9 Å². The first-order chi connectivity index (χ1) is 13.6. The molecule has 1 N–H and O–H groups in total. The molecule has 3 heterocycles. The lowest BCUT2D eigenvalue weighted by Gasteiger charge is -2.29. The van der Waals surface area contributed by atoms with Gasteiger partial charge >= 0.3 is 0 Å². The smallest absolute Gasteiger partial charge is 0.293 e. The van der Waals surface area contributed by atoms with Gasteiger partial charge in [0.25, 0.3) is 5.91 Å². The molecule has 0 spiro atoms. The van der Waals surface area contributed by atoms with Crippen LogP contribution in [-0.4, -0.2) is 36.0 Å². The molecule has 1 amide bonds. The molecule has 0 atom stereocenters. The van der Waals surface area contributed by atoms with Crippen molar-refractivity contribution in [2.75, 3.05) is 25.5 Å². The fourth-order valence-electron chi connectivity index (χ4n) is 3.61. The molecule has 3 aromatic rings. The summed E-state index contributed by atoms with van der Waals surface area (Å²) in [5.41, 5.74) is 2.44. The number of hydrogen-bond donors (Lipinski definition) is 1. The number of thiazole rings is 1. The van der Waals surface area contributed by atoms with E-state index < -0.39 is 0 Å². The number of rotatable bonds is 6. The zero-order chi connectivity index (χ0) is 19.5. The monoisotopic (exact) mass is 435 g/mol. The summed E-state index contributed by atoms with van der Waals surface area (Å²) in [7, 11) is 1.61. The number of likely N-dealkylation sites (tertiary alicyclic amines) is 1. The topological polar surface area (TPSA) is 67.6 Å². The van der Waals surface area contributed by atoms with Gasteiger partial charge in [-0.3, -0.25) is 15.0 Å². The standard InChI is InChI=1S/C21H25N3O3S.ClH/c1-14-7-9-24(10-8-14)11-15-13-28-21(22-15)23-20(25)19-17(12-26-2)16-5-3-4-6-18(16)27-19;/h3-6,13-14H,7-12H2,1-2H3,(H,22,23,25);1H. The zero-order valence-electron chi connectivity index (χ0n) is 16.6. The SMILES string of the molecule is COCc1c(C(=O)Nc2nc(CN3CCC(C)CC3)cs2)oc2ccccc12.Cl. The molecule has 0 bridgehead atoms. The zero-order valence-corrected chi connectivity index (χ0v) is 18.3. The molecule has 0 radical (unpaired) electrons. The van der Waals surface area contributed by atoms with Gasteiger partial charge in [0.1, 0.15) is 5.58 Å². The maximum atomic E-state index is 12.8. The van der Waals surface area contributed by atoms with Crippen molar-refractivity contribution in [2.24, 2.45) is 5.92 Å². The number of para-hydroxylation sites is 1. The number of methoxy groups -OCH3 is 1. The van der Waals surface area contributed by atoms with Crippen LogP contribution in [0.5, 0.6) is 0 Å². The molecule has 6 nitrogen and oxygen atoms in total. The molecule has 1 aliphatic rings. The van der Waals surface area contributed by atoms with Crippen molar-refractivity contribution in [1.29, 1.82) is 0 Å². The summed E-state index contributed by atoms with van der Waals surface area (Å²) < 4.78 is 11.1. The molecule has 0 saturated carbocycles. The molecule has 8 heteroatoms. The van der Waals surface area contributed by atoms with E-state index in [2.05, 4.69) is 22.1 Å². The minimum absolute atomic E-state index is 0. The quantitative estimate of drug-likeness (QED) is 0.593. The van der Waals surface area contributed by atoms with Crippen LogP contribution in [0.1, 0.15) is 41.6 Å². The Morgan fingerprint density at radius 1 is 1.34 bits per heavy atom. The van der Waals surface area contributed by atoms with Gasteiger partial charge in [-0.1, -0.05) is 25.1 Å². The Labute approximate surface area is 180 Å². The van der Waals surface area contributed by atoms with E-state index in [4.69, 9.17) is 9.15 Å². The molecule has 2 aromatic heterocycles. The maximum Gasteiger partial charge on any atom is 0.293 e. The number of piperidine rings is 1. The molecule has 1 aromatic carbocycles. The lowest BCUT2D eigenvalue weighted by molar-refractivity contribution is 0.0992. The summed E-state index contributed by atoms with van der Waals surface area (Å²) in [5, 5.41) is 6.39. The molecule has 156 valence electrons. The second-order valence-corrected chi connectivity index (χ2v) is 8.25. The Morgan fingerprint density at radius 3 is 2.86 bits per heavy atom. The fraction of sp³-hybridized carbons (Fsp3) is 0.429. The van der Waals surface area contributed by atoms with Gasteiger partial charge in [-0.15, -0.1) is 23.7 Å². The lowest BCUT2D eigenvalue weighted by atomic mass is 9.99. The number of nitrogens with one attached hydrogen (secondary N) is 1. The van der Waals surface area contributed by atoms with Crippen molar-refractivity contribution in [3.8, 4) is 0 Å². The van der Waals surface area contributed by atoms with Crippen molar-refractivity contribution in [2.45, 2.75) is 32.9 Å². The Kier molecular flexibility index (Phi) is 7.29.